The van der Waals surface area contributed by atoms with Crippen LogP contribution in [0.1, 0.15) is 19.0 Å². The second kappa shape index (κ2) is 8.06. The number of likely N-dealkylation sites (tertiary alicyclic amines) is 2. The lowest BCUT2D eigenvalue weighted by molar-refractivity contribution is -0.192. The Balaban J connectivity index is 0.000000279. The van der Waals surface area contributed by atoms with Crippen molar-refractivity contribution in [3.63, 3.8) is 0 Å². The van der Waals surface area contributed by atoms with Gasteiger partial charge in [-0.05, 0) is 36.3 Å². The van der Waals surface area contributed by atoms with Crippen LogP contribution >= 0.6 is 0 Å². The van der Waals surface area contributed by atoms with Crippen LogP contribution in [0.4, 0.5) is 13.2 Å². The van der Waals surface area contributed by atoms with Crippen LogP contribution in [0.3, 0.4) is 0 Å². The molecular formula is C19H24F3N3O3. The van der Waals surface area contributed by atoms with Crippen molar-refractivity contribution >= 4 is 11.9 Å². The Morgan fingerprint density at radius 3 is 2.18 bits per heavy atom. The van der Waals surface area contributed by atoms with Gasteiger partial charge in [-0.2, -0.15) is 13.2 Å². The first kappa shape index (κ1) is 20.6. The molecule has 3 heterocycles. The lowest BCUT2D eigenvalue weighted by Gasteiger charge is -2.21. The number of alkyl halides is 3. The predicted molar refractivity (Wildman–Crippen MR) is 94.0 cm³/mol. The summed E-state index contributed by atoms with van der Waals surface area (Å²) in [4.78, 5) is 30.3. The number of carboxylic acids is 1. The van der Waals surface area contributed by atoms with Gasteiger partial charge in [-0.15, -0.1) is 0 Å². The highest BCUT2D eigenvalue weighted by molar-refractivity contribution is 5.82. The van der Waals surface area contributed by atoms with Crippen LogP contribution in [0.2, 0.25) is 0 Å². The molecule has 1 saturated carbocycles. The number of hydrogen-bond acceptors (Lipinski definition) is 4. The Morgan fingerprint density at radius 2 is 1.75 bits per heavy atom. The zero-order valence-corrected chi connectivity index (χ0v) is 15.6. The van der Waals surface area contributed by atoms with Gasteiger partial charge < -0.3 is 10.0 Å². The van der Waals surface area contributed by atoms with E-state index < -0.39 is 12.1 Å². The topological polar surface area (TPSA) is 73.7 Å². The van der Waals surface area contributed by atoms with E-state index in [-0.39, 0.29) is 0 Å². The van der Waals surface area contributed by atoms with Gasteiger partial charge in [0.15, 0.2) is 0 Å². The van der Waals surface area contributed by atoms with Crippen molar-refractivity contribution in [2.75, 3.05) is 26.2 Å². The third-order valence-corrected chi connectivity index (χ3v) is 5.65. The SMILES string of the molecule is CC1CC1C(=O)N1C[C@H]2CN(Cc3ccccn3)C[C@H]2C1.O=C(O)C(F)(F)F. The number of amides is 1. The van der Waals surface area contributed by atoms with Gasteiger partial charge >= 0.3 is 12.1 Å². The fraction of sp³-hybridized carbons (Fsp3) is 0.632. The second-order valence-electron chi connectivity index (χ2n) is 7.90. The Bertz CT molecular complexity index is 699. The summed E-state index contributed by atoms with van der Waals surface area (Å²) in [6.45, 7) is 7.32. The molecule has 0 aromatic carbocycles. The van der Waals surface area contributed by atoms with E-state index in [1.807, 2.05) is 12.3 Å². The number of halogens is 3. The highest BCUT2D eigenvalue weighted by Crippen LogP contribution is 2.41. The number of nitrogens with zero attached hydrogens (tertiary/aromatic N) is 3. The van der Waals surface area contributed by atoms with Crippen molar-refractivity contribution in [3.05, 3.63) is 30.1 Å². The number of aromatic nitrogens is 1. The molecule has 0 spiro atoms. The first-order valence-corrected chi connectivity index (χ1v) is 9.36. The largest absolute Gasteiger partial charge is 0.490 e. The summed E-state index contributed by atoms with van der Waals surface area (Å²) in [5.74, 6) is -0.0221. The van der Waals surface area contributed by atoms with Crippen molar-refractivity contribution in [1.82, 2.24) is 14.8 Å². The van der Waals surface area contributed by atoms with Gasteiger partial charge in [0, 0.05) is 44.8 Å². The highest BCUT2D eigenvalue weighted by atomic mass is 19.4. The van der Waals surface area contributed by atoms with Crippen molar-refractivity contribution < 1.29 is 27.9 Å². The number of carboxylic acid groups (broad SMARTS) is 1. The van der Waals surface area contributed by atoms with Crippen molar-refractivity contribution in [3.8, 4) is 0 Å². The molecule has 28 heavy (non-hydrogen) atoms. The van der Waals surface area contributed by atoms with E-state index in [2.05, 4.69) is 33.8 Å². The third kappa shape index (κ3) is 5.01. The molecule has 0 radical (unpaired) electrons. The van der Waals surface area contributed by atoms with E-state index >= 15 is 0 Å². The van der Waals surface area contributed by atoms with Gasteiger partial charge in [-0.25, -0.2) is 4.79 Å². The molecule has 4 atom stereocenters. The average Bonchev–Trinajstić information content (AvgIpc) is 3.04. The maximum atomic E-state index is 12.3. The molecule has 1 aromatic rings. The molecule has 1 N–H and O–H groups in total. The molecule has 2 saturated heterocycles. The summed E-state index contributed by atoms with van der Waals surface area (Å²) in [6, 6.07) is 6.11. The number of aliphatic carboxylic acids is 1. The smallest absolute Gasteiger partial charge is 0.475 e. The van der Waals surface area contributed by atoms with E-state index in [4.69, 9.17) is 9.90 Å². The molecule has 3 aliphatic rings. The summed E-state index contributed by atoms with van der Waals surface area (Å²) in [6.07, 6.45) is -2.11. The summed E-state index contributed by atoms with van der Waals surface area (Å²) < 4.78 is 31.7. The number of carbonyl (C=O) groups is 2. The number of pyridine rings is 1. The lowest BCUT2D eigenvalue weighted by Crippen LogP contribution is -2.34. The van der Waals surface area contributed by atoms with Crippen molar-refractivity contribution in [2.45, 2.75) is 26.1 Å². The highest BCUT2D eigenvalue weighted by Gasteiger charge is 2.47. The van der Waals surface area contributed by atoms with Crippen LogP contribution in [-0.4, -0.2) is 64.1 Å². The number of hydrogen-bond donors (Lipinski definition) is 1. The predicted octanol–water partition coefficient (Wildman–Crippen LogP) is 2.26. The minimum atomic E-state index is -5.08. The van der Waals surface area contributed by atoms with E-state index in [9.17, 15) is 18.0 Å². The molecule has 4 rings (SSSR count). The Labute approximate surface area is 161 Å². The molecule has 0 bridgehead atoms. The molecule has 6 nitrogen and oxygen atoms in total. The van der Waals surface area contributed by atoms with Gasteiger partial charge in [0.1, 0.15) is 0 Å². The van der Waals surface area contributed by atoms with Gasteiger partial charge in [0.25, 0.3) is 0 Å². The van der Waals surface area contributed by atoms with E-state index in [1.54, 1.807) is 0 Å². The standard InChI is InChI=1S/C17H23N3O.C2HF3O2/c1-12-6-16(12)17(21)20-9-13-7-19(8-14(13)10-20)11-15-4-2-3-5-18-15;3-2(4,5)1(6)7/h2-5,12-14,16H,6-11H2,1H3;(H,6,7)/t12?,13-,14+,16?;. The van der Waals surface area contributed by atoms with Crippen molar-refractivity contribution in [2.24, 2.45) is 23.7 Å². The molecule has 1 amide bonds. The quantitative estimate of drug-likeness (QED) is 0.844. The van der Waals surface area contributed by atoms with Crippen LogP contribution in [0.25, 0.3) is 0 Å². The van der Waals surface area contributed by atoms with Crippen molar-refractivity contribution in [1.29, 1.82) is 0 Å². The second-order valence-corrected chi connectivity index (χ2v) is 7.90. The van der Waals surface area contributed by atoms with Crippen LogP contribution in [0.5, 0.6) is 0 Å². The van der Waals surface area contributed by atoms with Crippen LogP contribution in [0, 0.1) is 23.7 Å². The molecule has 3 fully saturated rings. The summed E-state index contributed by atoms with van der Waals surface area (Å²) in [5, 5.41) is 7.12. The Morgan fingerprint density at radius 1 is 1.18 bits per heavy atom. The van der Waals surface area contributed by atoms with E-state index in [1.165, 1.54) is 0 Å². The fourth-order valence-corrected chi connectivity index (χ4v) is 4.02. The number of fused-ring (bicyclic) bond motifs is 1. The van der Waals surface area contributed by atoms with E-state index in [0.29, 0.717) is 29.6 Å². The fourth-order valence-electron chi connectivity index (χ4n) is 4.02. The van der Waals surface area contributed by atoms with Gasteiger partial charge in [0.05, 0.1) is 5.69 Å². The maximum Gasteiger partial charge on any atom is 0.490 e. The Hall–Kier alpha value is -2.16. The first-order valence-electron chi connectivity index (χ1n) is 9.36. The molecule has 9 heteroatoms. The molecule has 1 aromatic heterocycles. The van der Waals surface area contributed by atoms with Crippen LogP contribution in [0.15, 0.2) is 24.4 Å². The number of carbonyl (C=O) groups excluding carboxylic acids is 1. The normalized spacial score (nSPS) is 29.1. The maximum absolute atomic E-state index is 12.3. The number of rotatable bonds is 3. The monoisotopic (exact) mass is 399 g/mol. The van der Waals surface area contributed by atoms with Crippen LogP contribution < -0.4 is 0 Å². The summed E-state index contributed by atoms with van der Waals surface area (Å²) >= 11 is 0. The molecule has 154 valence electrons. The zero-order valence-electron chi connectivity index (χ0n) is 15.6. The zero-order chi connectivity index (χ0) is 20.5. The molecular weight excluding hydrogens is 375 g/mol. The lowest BCUT2D eigenvalue weighted by atomic mass is 10.0. The summed E-state index contributed by atoms with van der Waals surface area (Å²) in [5.41, 5.74) is 1.15. The minimum Gasteiger partial charge on any atom is -0.475 e. The molecule has 2 unspecified atom stereocenters. The van der Waals surface area contributed by atoms with Crippen LogP contribution in [-0.2, 0) is 16.1 Å². The minimum absolute atomic E-state index is 0.341. The summed E-state index contributed by atoms with van der Waals surface area (Å²) in [7, 11) is 0. The van der Waals surface area contributed by atoms with E-state index in [0.717, 1.165) is 44.8 Å². The third-order valence-electron chi connectivity index (χ3n) is 5.65. The Kier molecular flexibility index (Phi) is 5.92. The van der Waals surface area contributed by atoms with Gasteiger partial charge in [0.2, 0.25) is 5.91 Å². The molecule has 1 aliphatic carbocycles. The van der Waals surface area contributed by atoms with Gasteiger partial charge in [-0.1, -0.05) is 13.0 Å². The molecule has 2 aliphatic heterocycles. The first-order chi connectivity index (χ1) is 13.1. The average molecular weight is 399 g/mol. The van der Waals surface area contributed by atoms with Gasteiger partial charge in [-0.3, -0.25) is 14.7 Å².